The van der Waals surface area contributed by atoms with Gasteiger partial charge in [-0.2, -0.15) is 10.1 Å². The first-order valence-corrected chi connectivity index (χ1v) is 7.38. The normalized spacial score (nSPS) is 18.0. The van der Waals surface area contributed by atoms with E-state index in [1.165, 1.54) is 4.68 Å². The highest BCUT2D eigenvalue weighted by Crippen LogP contribution is 2.31. The minimum absolute atomic E-state index is 0.0639. The van der Waals surface area contributed by atoms with Crippen LogP contribution in [0.25, 0.3) is 0 Å². The standard InChI is InChI=1S/C15H20N6O/c1-9-7-10(2)12(17-8-9)14(22)21-6-4-5-11(21)13-18-15(16)20(3)19-13/h7-8,11H,4-6H2,1-3H3,(H2,16,18,19). The molecule has 7 nitrogen and oxygen atoms in total. The number of nitrogens with two attached hydrogens (primary N) is 1. The van der Waals surface area contributed by atoms with Crippen molar-refractivity contribution >= 4 is 11.9 Å². The minimum atomic E-state index is -0.126. The third-order valence-electron chi connectivity index (χ3n) is 4.04. The molecular weight excluding hydrogens is 280 g/mol. The van der Waals surface area contributed by atoms with Gasteiger partial charge >= 0.3 is 0 Å². The lowest BCUT2D eigenvalue weighted by atomic mass is 10.1. The lowest BCUT2D eigenvalue weighted by molar-refractivity contribution is 0.0723. The van der Waals surface area contributed by atoms with Gasteiger partial charge in [0.15, 0.2) is 5.82 Å². The van der Waals surface area contributed by atoms with Gasteiger partial charge in [-0.3, -0.25) is 9.78 Å². The summed E-state index contributed by atoms with van der Waals surface area (Å²) < 4.78 is 1.53. The molecule has 1 fully saturated rings. The van der Waals surface area contributed by atoms with Gasteiger partial charge < -0.3 is 10.6 Å². The molecule has 1 unspecified atom stereocenters. The van der Waals surface area contributed by atoms with E-state index in [2.05, 4.69) is 15.1 Å². The molecule has 0 spiro atoms. The topological polar surface area (TPSA) is 89.9 Å². The van der Waals surface area contributed by atoms with Gasteiger partial charge in [0.2, 0.25) is 5.95 Å². The van der Waals surface area contributed by atoms with Crippen LogP contribution in [0.3, 0.4) is 0 Å². The summed E-state index contributed by atoms with van der Waals surface area (Å²) in [5.74, 6) is 0.903. The molecule has 1 aliphatic heterocycles. The molecule has 2 aromatic rings. The predicted octanol–water partition coefficient (Wildman–Crippen LogP) is 1.39. The zero-order valence-corrected chi connectivity index (χ0v) is 13.1. The van der Waals surface area contributed by atoms with Crippen LogP contribution in [-0.4, -0.2) is 37.1 Å². The molecule has 1 amide bonds. The average Bonchev–Trinajstić information content (AvgIpc) is 3.06. The van der Waals surface area contributed by atoms with Crippen LogP contribution in [0, 0.1) is 13.8 Å². The van der Waals surface area contributed by atoms with Gasteiger partial charge in [-0.05, 0) is 37.8 Å². The second-order valence-electron chi connectivity index (χ2n) is 5.79. The molecule has 116 valence electrons. The number of hydrogen-bond acceptors (Lipinski definition) is 5. The number of rotatable bonds is 2. The van der Waals surface area contributed by atoms with Crippen molar-refractivity contribution in [2.45, 2.75) is 32.7 Å². The zero-order valence-electron chi connectivity index (χ0n) is 13.1. The maximum atomic E-state index is 12.8. The summed E-state index contributed by atoms with van der Waals surface area (Å²) in [7, 11) is 1.75. The molecule has 1 atom stereocenters. The molecule has 2 N–H and O–H groups in total. The van der Waals surface area contributed by atoms with E-state index in [-0.39, 0.29) is 11.9 Å². The fourth-order valence-corrected chi connectivity index (χ4v) is 2.91. The van der Waals surface area contributed by atoms with Crippen LogP contribution >= 0.6 is 0 Å². The van der Waals surface area contributed by atoms with Gasteiger partial charge in [0.1, 0.15) is 5.69 Å². The summed E-state index contributed by atoms with van der Waals surface area (Å²) in [6, 6.07) is 1.85. The lowest BCUT2D eigenvalue weighted by Crippen LogP contribution is -2.32. The van der Waals surface area contributed by atoms with E-state index in [1.807, 2.05) is 19.9 Å². The van der Waals surface area contributed by atoms with Gasteiger partial charge in [-0.1, -0.05) is 6.07 Å². The molecule has 2 aromatic heterocycles. The number of carbonyl (C=O) groups excluding carboxylic acids is 1. The van der Waals surface area contributed by atoms with Crippen molar-refractivity contribution in [2.75, 3.05) is 12.3 Å². The molecule has 3 heterocycles. The van der Waals surface area contributed by atoms with Crippen molar-refractivity contribution in [1.82, 2.24) is 24.6 Å². The van der Waals surface area contributed by atoms with Gasteiger partial charge in [-0.25, -0.2) is 4.68 Å². The predicted molar refractivity (Wildman–Crippen MR) is 82.1 cm³/mol. The maximum Gasteiger partial charge on any atom is 0.273 e. The van der Waals surface area contributed by atoms with E-state index in [0.29, 0.717) is 24.0 Å². The van der Waals surface area contributed by atoms with Crippen molar-refractivity contribution < 1.29 is 4.79 Å². The third-order valence-corrected chi connectivity index (χ3v) is 4.04. The Kier molecular flexibility index (Phi) is 3.56. The Morgan fingerprint density at radius 2 is 2.18 bits per heavy atom. The van der Waals surface area contributed by atoms with Crippen LogP contribution < -0.4 is 5.73 Å². The molecule has 0 aliphatic carbocycles. The average molecular weight is 300 g/mol. The molecule has 0 saturated carbocycles. The van der Waals surface area contributed by atoms with Crippen LogP contribution in [0.4, 0.5) is 5.95 Å². The second-order valence-corrected chi connectivity index (χ2v) is 5.79. The first-order chi connectivity index (χ1) is 10.5. The Labute approximate surface area is 129 Å². The highest BCUT2D eigenvalue weighted by molar-refractivity contribution is 5.94. The summed E-state index contributed by atoms with van der Waals surface area (Å²) in [6.07, 6.45) is 3.50. The van der Waals surface area contributed by atoms with E-state index in [9.17, 15) is 4.79 Å². The van der Waals surface area contributed by atoms with Crippen molar-refractivity contribution in [3.05, 3.63) is 34.9 Å². The van der Waals surface area contributed by atoms with Crippen molar-refractivity contribution in [3.8, 4) is 0 Å². The van der Waals surface area contributed by atoms with Gasteiger partial charge in [-0.15, -0.1) is 0 Å². The van der Waals surface area contributed by atoms with Crippen molar-refractivity contribution in [3.63, 3.8) is 0 Å². The molecule has 0 bridgehead atoms. The molecule has 1 aliphatic rings. The number of anilines is 1. The van der Waals surface area contributed by atoms with Crippen LogP contribution in [-0.2, 0) is 7.05 Å². The number of hydrogen-bond donors (Lipinski definition) is 1. The number of aromatic nitrogens is 4. The Hall–Kier alpha value is -2.44. The molecule has 3 rings (SSSR count). The maximum absolute atomic E-state index is 12.8. The fraction of sp³-hybridized carbons (Fsp3) is 0.467. The molecule has 22 heavy (non-hydrogen) atoms. The molecule has 0 radical (unpaired) electrons. The Bertz CT molecular complexity index is 703. The van der Waals surface area contributed by atoms with Crippen LogP contribution in [0.1, 0.15) is 46.3 Å². The first kappa shape index (κ1) is 14.5. The third kappa shape index (κ3) is 2.43. The number of aryl methyl sites for hydroxylation is 3. The number of likely N-dealkylation sites (tertiary alicyclic amines) is 1. The minimum Gasteiger partial charge on any atom is -0.368 e. The molecule has 0 aromatic carbocycles. The summed E-state index contributed by atoms with van der Waals surface area (Å²) in [6.45, 7) is 4.57. The molecule has 7 heteroatoms. The van der Waals surface area contributed by atoms with Gasteiger partial charge in [0.25, 0.3) is 5.91 Å². The Morgan fingerprint density at radius 1 is 1.41 bits per heavy atom. The Morgan fingerprint density at radius 3 is 2.82 bits per heavy atom. The number of nitrogen functional groups attached to an aromatic ring is 1. The second kappa shape index (κ2) is 5.40. The van der Waals surface area contributed by atoms with Crippen LogP contribution in [0.15, 0.2) is 12.3 Å². The monoisotopic (exact) mass is 300 g/mol. The smallest absolute Gasteiger partial charge is 0.273 e. The summed E-state index contributed by atoms with van der Waals surface area (Å²) in [5.41, 5.74) is 8.20. The van der Waals surface area contributed by atoms with E-state index >= 15 is 0 Å². The summed E-state index contributed by atoms with van der Waals surface area (Å²) in [5, 5.41) is 4.32. The summed E-state index contributed by atoms with van der Waals surface area (Å²) >= 11 is 0. The van der Waals surface area contributed by atoms with E-state index < -0.39 is 0 Å². The fourth-order valence-electron chi connectivity index (χ4n) is 2.91. The Balaban J connectivity index is 1.91. The van der Waals surface area contributed by atoms with Crippen molar-refractivity contribution in [1.29, 1.82) is 0 Å². The van der Waals surface area contributed by atoms with Gasteiger partial charge in [0.05, 0.1) is 6.04 Å². The summed E-state index contributed by atoms with van der Waals surface area (Å²) in [4.78, 5) is 23.2. The first-order valence-electron chi connectivity index (χ1n) is 7.38. The van der Waals surface area contributed by atoms with E-state index in [1.54, 1.807) is 18.1 Å². The van der Waals surface area contributed by atoms with Crippen LogP contribution in [0.2, 0.25) is 0 Å². The van der Waals surface area contributed by atoms with Crippen molar-refractivity contribution in [2.24, 2.45) is 7.05 Å². The lowest BCUT2D eigenvalue weighted by Gasteiger charge is -2.22. The van der Waals surface area contributed by atoms with E-state index in [4.69, 9.17) is 5.73 Å². The quantitative estimate of drug-likeness (QED) is 0.905. The van der Waals surface area contributed by atoms with E-state index in [0.717, 1.165) is 24.0 Å². The zero-order chi connectivity index (χ0) is 15.9. The number of pyridine rings is 1. The highest BCUT2D eigenvalue weighted by Gasteiger charge is 2.34. The highest BCUT2D eigenvalue weighted by atomic mass is 16.2. The van der Waals surface area contributed by atoms with Crippen LogP contribution in [0.5, 0.6) is 0 Å². The SMILES string of the molecule is Cc1cnc(C(=O)N2CCCC2c2nc(N)n(C)n2)c(C)c1. The largest absolute Gasteiger partial charge is 0.368 e. The van der Waals surface area contributed by atoms with Gasteiger partial charge in [0, 0.05) is 19.8 Å². The number of amides is 1. The number of carbonyl (C=O) groups is 1. The molecular formula is C15H20N6O. The number of nitrogens with zero attached hydrogens (tertiary/aromatic N) is 5. The molecule has 1 saturated heterocycles.